The molecule has 1 aromatic carbocycles. The molecule has 26 heavy (non-hydrogen) atoms. The van der Waals surface area contributed by atoms with Crippen LogP contribution in [-0.4, -0.2) is 27.9 Å². The van der Waals surface area contributed by atoms with Gasteiger partial charge in [0.25, 0.3) is 0 Å². The zero-order valence-corrected chi connectivity index (χ0v) is 14.9. The van der Waals surface area contributed by atoms with Gasteiger partial charge in [-0.3, -0.25) is 9.78 Å². The van der Waals surface area contributed by atoms with Crippen LogP contribution in [0.25, 0.3) is 16.6 Å². The molecule has 0 amide bonds. The average molecular weight is 351 g/mol. The number of nitrogens with one attached hydrogen (secondary N) is 1. The van der Waals surface area contributed by atoms with Gasteiger partial charge in [0.05, 0.1) is 17.4 Å². The SMILES string of the molecule is CC1CC(c2cn(-c3ccc(F)cc3C=O)c3cnccc23)CC(C)N1. The third-order valence-corrected chi connectivity index (χ3v) is 5.30. The monoisotopic (exact) mass is 351 g/mol. The number of nitrogens with zero attached hydrogens (tertiary/aromatic N) is 2. The van der Waals surface area contributed by atoms with Crippen LogP contribution in [0.3, 0.4) is 0 Å². The van der Waals surface area contributed by atoms with Gasteiger partial charge in [-0.25, -0.2) is 4.39 Å². The van der Waals surface area contributed by atoms with E-state index in [-0.39, 0.29) is 0 Å². The molecule has 0 saturated carbocycles. The number of pyridine rings is 1. The van der Waals surface area contributed by atoms with Crippen molar-refractivity contribution in [2.24, 2.45) is 0 Å². The van der Waals surface area contributed by atoms with Gasteiger partial charge in [0.2, 0.25) is 0 Å². The van der Waals surface area contributed by atoms with Crippen LogP contribution in [-0.2, 0) is 0 Å². The number of halogens is 1. The Balaban J connectivity index is 1.89. The number of carbonyl (C=O) groups excluding carboxylic acids is 1. The van der Waals surface area contributed by atoms with Crippen molar-refractivity contribution in [1.29, 1.82) is 0 Å². The summed E-state index contributed by atoms with van der Waals surface area (Å²) in [6.07, 6.45) is 8.54. The number of aldehydes is 1. The van der Waals surface area contributed by atoms with Gasteiger partial charge in [-0.15, -0.1) is 0 Å². The topological polar surface area (TPSA) is 46.9 Å². The Kier molecular flexibility index (Phi) is 4.32. The predicted molar refractivity (Wildman–Crippen MR) is 100 cm³/mol. The highest BCUT2D eigenvalue weighted by Gasteiger charge is 2.27. The number of fused-ring (bicyclic) bond motifs is 1. The lowest BCUT2D eigenvalue weighted by Gasteiger charge is -2.33. The van der Waals surface area contributed by atoms with Crippen molar-refractivity contribution in [2.45, 2.75) is 44.7 Å². The number of rotatable bonds is 3. The highest BCUT2D eigenvalue weighted by molar-refractivity contribution is 5.88. The van der Waals surface area contributed by atoms with Crippen LogP contribution in [0.15, 0.2) is 42.9 Å². The van der Waals surface area contributed by atoms with Crippen molar-refractivity contribution in [1.82, 2.24) is 14.9 Å². The Morgan fingerprint density at radius 3 is 2.73 bits per heavy atom. The largest absolute Gasteiger partial charge is 0.314 e. The van der Waals surface area contributed by atoms with Crippen LogP contribution in [0, 0.1) is 5.82 Å². The molecule has 0 radical (unpaired) electrons. The molecule has 4 nitrogen and oxygen atoms in total. The molecule has 0 aliphatic carbocycles. The lowest BCUT2D eigenvalue weighted by atomic mass is 9.84. The molecule has 2 unspecified atom stereocenters. The third-order valence-electron chi connectivity index (χ3n) is 5.30. The first-order valence-corrected chi connectivity index (χ1v) is 9.03. The van der Waals surface area contributed by atoms with Crippen LogP contribution in [0.2, 0.25) is 0 Å². The molecule has 0 spiro atoms. The summed E-state index contributed by atoms with van der Waals surface area (Å²) in [5, 5.41) is 4.73. The second kappa shape index (κ2) is 6.65. The lowest BCUT2D eigenvalue weighted by Crippen LogP contribution is -2.41. The fourth-order valence-electron chi connectivity index (χ4n) is 4.29. The Morgan fingerprint density at radius 2 is 2.00 bits per heavy atom. The molecule has 2 atom stereocenters. The fraction of sp³-hybridized carbons (Fsp3) is 0.333. The molecule has 4 rings (SSSR count). The lowest BCUT2D eigenvalue weighted by molar-refractivity contribution is 0.112. The summed E-state index contributed by atoms with van der Waals surface area (Å²) < 4.78 is 15.5. The number of hydrogen-bond acceptors (Lipinski definition) is 3. The van der Waals surface area contributed by atoms with Crippen molar-refractivity contribution in [3.05, 3.63) is 59.8 Å². The highest BCUT2D eigenvalue weighted by Crippen LogP contribution is 2.37. The number of aromatic nitrogens is 2. The van der Waals surface area contributed by atoms with E-state index in [0.29, 0.717) is 35.5 Å². The van der Waals surface area contributed by atoms with Crippen molar-refractivity contribution in [3.8, 4) is 5.69 Å². The summed E-state index contributed by atoms with van der Waals surface area (Å²) in [4.78, 5) is 15.7. The molecule has 5 heteroatoms. The fourth-order valence-corrected chi connectivity index (χ4v) is 4.29. The third kappa shape index (κ3) is 2.92. The number of carbonyl (C=O) groups is 1. The zero-order chi connectivity index (χ0) is 18.3. The van der Waals surface area contributed by atoms with Gasteiger partial charge in [0, 0.05) is 35.4 Å². The maximum Gasteiger partial charge on any atom is 0.152 e. The first-order valence-electron chi connectivity index (χ1n) is 9.03. The maximum atomic E-state index is 13.6. The van der Waals surface area contributed by atoms with E-state index in [0.717, 1.165) is 23.7 Å². The highest BCUT2D eigenvalue weighted by atomic mass is 19.1. The summed E-state index contributed by atoms with van der Waals surface area (Å²) in [6, 6.07) is 7.27. The summed E-state index contributed by atoms with van der Waals surface area (Å²) >= 11 is 0. The zero-order valence-electron chi connectivity index (χ0n) is 14.9. The van der Waals surface area contributed by atoms with Gasteiger partial charge >= 0.3 is 0 Å². The first kappa shape index (κ1) is 16.9. The van der Waals surface area contributed by atoms with Crippen molar-refractivity contribution >= 4 is 17.2 Å². The molecule has 1 saturated heterocycles. The smallest absolute Gasteiger partial charge is 0.152 e. The van der Waals surface area contributed by atoms with E-state index in [9.17, 15) is 9.18 Å². The maximum absolute atomic E-state index is 13.6. The molecule has 1 aliphatic rings. The molecule has 1 N–H and O–H groups in total. The van der Waals surface area contributed by atoms with Crippen LogP contribution in [0.1, 0.15) is 48.5 Å². The van der Waals surface area contributed by atoms with Crippen LogP contribution in [0.4, 0.5) is 4.39 Å². The molecule has 1 fully saturated rings. The second-order valence-corrected chi connectivity index (χ2v) is 7.31. The van der Waals surface area contributed by atoms with Gasteiger partial charge in [-0.05, 0) is 62.4 Å². The van der Waals surface area contributed by atoms with E-state index in [4.69, 9.17) is 0 Å². The summed E-state index contributed by atoms with van der Waals surface area (Å²) in [5.41, 5.74) is 3.23. The van der Waals surface area contributed by atoms with Crippen molar-refractivity contribution in [2.75, 3.05) is 0 Å². The van der Waals surface area contributed by atoms with E-state index in [1.165, 1.54) is 17.7 Å². The van der Waals surface area contributed by atoms with E-state index in [2.05, 4.69) is 30.3 Å². The molecule has 3 heterocycles. The number of benzene rings is 1. The van der Waals surface area contributed by atoms with Crippen LogP contribution >= 0.6 is 0 Å². The Bertz CT molecular complexity index is 955. The molecule has 0 bridgehead atoms. The first-order chi connectivity index (χ1) is 12.6. The summed E-state index contributed by atoms with van der Waals surface area (Å²) in [7, 11) is 0. The Hall–Kier alpha value is -2.53. The van der Waals surface area contributed by atoms with E-state index >= 15 is 0 Å². The van der Waals surface area contributed by atoms with Gasteiger partial charge in [-0.1, -0.05) is 0 Å². The predicted octanol–water partition coefficient (Wildman–Crippen LogP) is 4.22. The Morgan fingerprint density at radius 1 is 1.23 bits per heavy atom. The molecular weight excluding hydrogens is 329 g/mol. The minimum Gasteiger partial charge on any atom is -0.314 e. The van der Waals surface area contributed by atoms with Gasteiger partial charge in [-0.2, -0.15) is 0 Å². The number of piperidine rings is 1. The van der Waals surface area contributed by atoms with E-state index < -0.39 is 5.82 Å². The van der Waals surface area contributed by atoms with Gasteiger partial charge in [0.15, 0.2) is 6.29 Å². The normalized spacial score (nSPS) is 23.3. The second-order valence-electron chi connectivity index (χ2n) is 7.31. The van der Waals surface area contributed by atoms with E-state index in [1.807, 2.05) is 16.8 Å². The standard InChI is InChI=1S/C21H22FN3O/c1-13-7-15(8-14(2)24-13)19-11-25(21-10-23-6-5-18(19)21)20-4-3-17(22)9-16(20)12-26/h3-6,9-15,24H,7-8H2,1-2H3. The Labute approximate surface area is 152 Å². The average Bonchev–Trinajstić information content (AvgIpc) is 3.00. The molecule has 2 aromatic heterocycles. The molecule has 134 valence electrons. The van der Waals surface area contributed by atoms with Crippen molar-refractivity contribution in [3.63, 3.8) is 0 Å². The molecule has 3 aromatic rings. The minimum atomic E-state index is -0.410. The van der Waals surface area contributed by atoms with E-state index in [1.54, 1.807) is 12.3 Å². The van der Waals surface area contributed by atoms with Crippen LogP contribution < -0.4 is 5.32 Å². The molecular formula is C21H22FN3O. The summed E-state index contributed by atoms with van der Waals surface area (Å²) in [5.74, 6) is 0.0270. The minimum absolute atomic E-state index is 0.337. The van der Waals surface area contributed by atoms with Crippen molar-refractivity contribution < 1.29 is 9.18 Å². The number of hydrogen-bond donors (Lipinski definition) is 1. The molecule has 1 aliphatic heterocycles. The summed E-state index contributed by atoms with van der Waals surface area (Å²) in [6.45, 7) is 4.43. The van der Waals surface area contributed by atoms with Gasteiger partial charge in [0.1, 0.15) is 5.82 Å². The quantitative estimate of drug-likeness (QED) is 0.719. The van der Waals surface area contributed by atoms with Crippen LogP contribution in [0.5, 0.6) is 0 Å². The van der Waals surface area contributed by atoms with Gasteiger partial charge < -0.3 is 9.88 Å².